The minimum atomic E-state index is -4.73. The number of hydrogen-bond acceptors (Lipinski definition) is 7. The van der Waals surface area contributed by atoms with Crippen LogP contribution in [0, 0.1) is 17.7 Å². The second-order valence-corrected chi connectivity index (χ2v) is 11.4. The van der Waals surface area contributed by atoms with Crippen molar-refractivity contribution in [2.45, 2.75) is 44.9 Å². The number of piperidine rings is 1. The van der Waals surface area contributed by atoms with Crippen molar-refractivity contribution in [1.82, 2.24) is 20.2 Å². The van der Waals surface area contributed by atoms with Crippen LogP contribution in [0.3, 0.4) is 0 Å². The van der Waals surface area contributed by atoms with Crippen LogP contribution in [-0.4, -0.2) is 84.7 Å². The number of anilines is 3. The van der Waals surface area contributed by atoms with Gasteiger partial charge in [-0.2, -0.15) is 13.2 Å². The van der Waals surface area contributed by atoms with Crippen LogP contribution in [0.2, 0.25) is 0 Å². The third-order valence-corrected chi connectivity index (χ3v) is 8.54. The van der Waals surface area contributed by atoms with E-state index in [1.165, 1.54) is 12.1 Å². The average Bonchev–Trinajstić information content (AvgIpc) is 2.96. The number of hydrogen-bond donors (Lipinski definition) is 2. The maximum Gasteiger partial charge on any atom is 0.393 e. The van der Waals surface area contributed by atoms with Gasteiger partial charge in [-0.1, -0.05) is 6.08 Å². The Morgan fingerprint density at radius 2 is 1.79 bits per heavy atom. The largest absolute Gasteiger partial charge is 0.393 e. The van der Waals surface area contributed by atoms with E-state index in [0.717, 1.165) is 0 Å². The number of carbonyl (C=O) groups excluding carboxylic acids is 2. The smallest absolute Gasteiger partial charge is 0.367 e. The van der Waals surface area contributed by atoms with Crippen LogP contribution in [-0.2, 0) is 9.59 Å². The van der Waals surface area contributed by atoms with Gasteiger partial charge < -0.3 is 20.4 Å². The molecule has 13 heteroatoms. The van der Waals surface area contributed by atoms with Crippen LogP contribution in [0.1, 0.15) is 32.3 Å². The van der Waals surface area contributed by atoms with Gasteiger partial charge in [-0.15, -0.1) is 0 Å². The molecule has 2 N–H and O–H groups in total. The fraction of sp³-hybridized carbons (Fsp3) is 0.517. The summed E-state index contributed by atoms with van der Waals surface area (Å²) in [5.41, 5.74) is 1.53. The summed E-state index contributed by atoms with van der Waals surface area (Å²) in [6.45, 7) is 5.68. The van der Waals surface area contributed by atoms with Gasteiger partial charge in [0.25, 0.3) is 0 Å². The number of nitrogens with zero attached hydrogens (tertiary/aromatic N) is 5. The molecule has 2 aromatic rings. The van der Waals surface area contributed by atoms with Crippen molar-refractivity contribution in [3.63, 3.8) is 0 Å². The van der Waals surface area contributed by atoms with Gasteiger partial charge in [0.15, 0.2) is 0 Å². The molecule has 0 saturated carbocycles. The van der Waals surface area contributed by atoms with Gasteiger partial charge in [-0.3, -0.25) is 14.5 Å². The SMILES string of the molecule is C[C@@H]1CN(c2cc(F)c(C3=CCCN(c4ncccn4)C3)cc2NC(=O)C2CNC(=O)CC2C(F)(F)F)C[C@H](C)N1C. The van der Waals surface area contributed by atoms with E-state index in [4.69, 9.17) is 0 Å². The van der Waals surface area contributed by atoms with E-state index in [9.17, 15) is 22.8 Å². The highest BCUT2D eigenvalue weighted by molar-refractivity contribution is 5.98. The molecule has 2 amide bonds. The van der Waals surface area contributed by atoms with Crippen LogP contribution in [0.25, 0.3) is 5.57 Å². The zero-order valence-corrected chi connectivity index (χ0v) is 23.8. The van der Waals surface area contributed by atoms with Gasteiger partial charge in [0, 0.05) is 69.2 Å². The van der Waals surface area contributed by atoms with Crippen LogP contribution >= 0.6 is 0 Å². The topological polar surface area (TPSA) is 93.7 Å². The van der Waals surface area contributed by atoms with Crippen molar-refractivity contribution in [2.75, 3.05) is 54.9 Å². The summed E-state index contributed by atoms with van der Waals surface area (Å²) in [5, 5.41) is 5.09. The first-order valence-corrected chi connectivity index (χ1v) is 14.1. The summed E-state index contributed by atoms with van der Waals surface area (Å²) >= 11 is 0. The molecule has 9 nitrogen and oxygen atoms in total. The molecule has 1 aromatic carbocycles. The Morgan fingerprint density at radius 3 is 2.45 bits per heavy atom. The molecule has 0 radical (unpaired) electrons. The maximum absolute atomic E-state index is 15.9. The van der Waals surface area contributed by atoms with Crippen molar-refractivity contribution in [1.29, 1.82) is 0 Å². The Bertz CT molecular complexity index is 1340. The molecule has 3 aliphatic rings. The third kappa shape index (κ3) is 6.20. The Balaban J connectivity index is 1.50. The van der Waals surface area contributed by atoms with Crippen LogP contribution < -0.4 is 20.4 Å². The number of carbonyl (C=O) groups is 2. The third-order valence-electron chi connectivity index (χ3n) is 8.54. The molecule has 2 fully saturated rings. The summed E-state index contributed by atoms with van der Waals surface area (Å²) < 4.78 is 57.4. The number of piperazine rings is 1. The zero-order chi connectivity index (χ0) is 30.2. The summed E-state index contributed by atoms with van der Waals surface area (Å²) in [6.07, 6.45) is 0.237. The minimum Gasteiger partial charge on any atom is -0.367 e. The Morgan fingerprint density at radius 1 is 1.10 bits per heavy atom. The first kappa shape index (κ1) is 29.7. The first-order chi connectivity index (χ1) is 19.9. The number of halogens is 4. The van der Waals surface area contributed by atoms with E-state index in [0.29, 0.717) is 49.8 Å². The fourth-order valence-corrected chi connectivity index (χ4v) is 5.96. The van der Waals surface area contributed by atoms with Gasteiger partial charge in [-0.05, 0) is 51.1 Å². The molecule has 42 heavy (non-hydrogen) atoms. The second-order valence-electron chi connectivity index (χ2n) is 11.4. The highest BCUT2D eigenvalue weighted by Crippen LogP contribution is 2.39. The van der Waals surface area contributed by atoms with E-state index in [1.807, 2.05) is 36.8 Å². The van der Waals surface area contributed by atoms with Gasteiger partial charge >= 0.3 is 6.18 Å². The number of benzene rings is 1. The van der Waals surface area contributed by atoms with Crippen LogP contribution in [0.4, 0.5) is 34.9 Å². The molecule has 4 atom stereocenters. The highest BCUT2D eigenvalue weighted by Gasteiger charge is 2.50. The van der Waals surface area contributed by atoms with Gasteiger partial charge in [0.2, 0.25) is 17.8 Å². The highest BCUT2D eigenvalue weighted by atomic mass is 19.4. The molecule has 0 aliphatic carbocycles. The molecule has 1 aromatic heterocycles. The lowest BCUT2D eigenvalue weighted by atomic mass is 9.84. The maximum atomic E-state index is 15.9. The van der Waals surface area contributed by atoms with Crippen molar-refractivity contribution in [3.8, 4) is 0 Å². The number of aromatic nitrogens is 2. The summed E-state index contributed by atoms with van der Waals surface area (Å²) in [6, 6.07) is 4.81. The molecule has 4 heterocycles. The van der Waals surface area contributed by atoms with Crippen molar-refractivity contribution >= 4 is 34.7 Å². The summed E-state index contributed by atoms with van der Waals surface area (Å²) in [7, 11) is 2.01. The minimum absolute atomic E-state index is 0.115. The lowest BCUT2D eigenvalue weighted by molar-refractivity contribution is -0.197. The molecule has 2 saturated heterocycles. The standard InChI is InChI=1S/C29H35F4N7O2/c1-17-14-40(15-18(2)38(17)3)25-12-23(30)20(19-6-4-9-39(16-19)28-34-7-5-8-35-28)10-24(25)37-27(42)21-13-36-26(41)11-22(21)29(31,32)33/h5-8,10,12,17-18,21-22H,4,9,11,13-16H2,1-3H3,(H,36,41)(H,37,42)/t17-,18+,21?,22?. The average molecular weight is 590 g/mol. The molecule has 3 aliphatic heterocycles. The normalized spacial score (nSPS) is 25.6. The van der Waals surface area contributed by atoms with Crippen molar-refractivity contribution in [2.24, 2.45) is 11.8 Å². The number of rotatable bonds is 5. The molecule has 0 spiro atoms. The molecule has 0 bridgehead atoms. The summed E-state index contributed by atoms with van der Waals surface area (Å²) in [5.74, 6) is -5.24. The molecular formula is C29H35F4N7O2. The van der Waals surface area contributed by atoms with Crippen molar-refractivity contribution in [3.05, 3.63) is 48.0 Å². The first-order valence-electron chi connectivity index (χ1n) is 14.1. The summed E-state index contributed by atoms with van der Waals surface area (Å²) in [4.78, 5) is 39.9. The lowest BCUT2D eigenvalue weighted by Gasteiger charge is -2.44. The zero-order valence-electron chi connectivity index (χ0n) is 23.8. The van der Waals surface area contributed by atoms with E-state index in [-0.39, 0.29) is 23.3 Å². The second kappa shape index (κ2) is 11.9. The quantitative estimate of drug-likeness (QED) is 0.514. The van der Waals surface area contributed by atoms with Crippen molar-refractivity contribution < 1.29 is 27.2 Å². The predicted octanol–water partition coefficient (Wildman–Crippen LogP) is 3.69. The Labute approximate surface area is 242 Å². The Kier molecular flexibility index (Phi) is 8.40. The van der Waals surface area contributed by atoms with E-state index < -0.39 is 48.6 Å². The van der Waals surface area contributed by atoms with E-state index >= 15 is 4.39 Å². The van der Waals surface area contributed by atoms with E-state index in [2.05, 4.69) is 25.5 Å². The van der Waals surface area contributed by atoms with Gasteiger partial charge in [0.05, 0.1) is 23.2 Å². The monoisotopic (exact) mass is 589 g/mol. The number of alkyl halides is 3. The van der Waals surface area contributed by atoms with Crippen LogP contribution in [0.5, 0.6) is 0 Å². The fourth-order valence-electron chi connectivity index (χ4n) is 5.96. The molecular weight excluding hydrogens is 554 g/mol. The number of nitrogens with one attached hydrogen (secondary N) is 2. The molecule has 5 rings (SSSR count). The Hall–Kier alpha value is -3.74. The van der Waals surface area contributed by atoms with Crippen LogP contribution in [0.15, 0.2) is 36.7 Å². The van der Waals surface area contributed by atoms with E-state index in [1.54, 1.807) is 18.5 Å². The molecule has 226 valence electrons. The van der Waals surface area contributed by atoms with Gasteiger partial charge in [-0.25, -0.2) is 14.4 Å². The van der Waals surface area contributed by atoms with Gasteiger partial charge in [0.1, 0.15) is 5.82 Å². The lowest BCUT2D eigenvalue weighted by Crippen LogP contribution is -2.55. The number of likely N-dealkylation sites (N-methyl/N-ethyl adjacent to an activating group) is 1. The predicted molar refractivity (Wildman–Crippen MR) is 151 cm³/mol. The number of amides is 2. The molecule has 2 unspecified atom stereocenters.